The number of nitrogens with two attached hydrogens (primary N) is 1. The fraction of sp³-hybridized carbons (Fsp3) is 0.258. The minimum atomic E-state index is -0.412. The van der Waals surface area contributed by atoms with E-state index in [0.717, 1.165) is 82.0 Å². The lowest BCUT2D eigenvalue weighted by Crippen LogP contribution is -2.21. The maximum absolute atomic E-state index is 12.2. The van der Waals surface area contributed by atoms with Gasteiger partial charge in [0.1, 0.15) is 0 Å². The number of primary amides is 1. The molecular weight excluding hydrogens is 460 g/mol. The topological polar surface area (TPSA) is 94.0 Å². The van der Waals surface area contributed by atoms with Crippen molar-refractivity contribution in [3.63, 3.8) is 0 Å². The number of fused-ring (bicyclic) bond motifs is 2. The molecular formula is C31H30N4O2. The molecule has 1 aliphatic carbocycles. The third-order valence-corrected chi connectivity index (χ3v) is 7.71. The Morgan fingerprint density at radius 1 is 1.03 bits per heavy atom. The normalized spacial score (nSPS) is 17.9. The molecule has 0 unspecified atom stereocenters. The van der Waals surface area contributed by atoms with E-state index in [1.807, 2.05) is 48.1 Å². The first-order valence-electron chi connectivity index (χ1n) is 12.9. The van der Waals surface area contributed by atoms with Crippen LogP contribution in [0.3, 0.4) is 0 Å². The number of carbonyl (C=O) groups is 1. The number of amides is 1. The highest BCUT2D eigenvalue weighted by atomic mass is 16.3. The van der Waals surface area contributed by atoms with Gasteiger partial charge in [-0.3, -0.25) is 9.78 Å². The summed E-state index contributed by atoms with van der Waals surface area (Å²) in [5, 5.41) is 17.0. The van der Waals surface area contributed by atoms with E-state index in [9.17, 15) is 9.90 Å². The Hall–Kier alpha value is -4.03. The van der Waals surface area contributed by atoms with Gasteiger partial charge in [-0.05, 0) is 92.5 Å². The molecule has 1 fully saturated rings. The van der Waals surface area contributed by atoms with Crippen molar-refractivity contribution >= 4 is 27.7 Å². The van der Waals surface area contributed by atoms with Gasteiger partial charge in [0.25, 0.3) is 0 Å². The average Bonchev–Trinajstić information content (AvgIpc) is 3.26. The fourth-order valence-corrected chi connectivity index (χ4v) is 5.79. The van der Waals surface area contributed by atoms with E-state index < -0.39 is 5.91 Å². The molecule has 0 saturated heterocycles. The van der Waals surface area contributed by atoms with Gasteiger partial charge < -0.3 is 10.8 Å². The summed E-state index contributed by atoms with van der Waals surface area (Å²) in [5.41, 5.74) is 13.2. The van der Waals surface area contributed by atoms with Crippen LogP contribution in [-0.4, -0.2) is 31.9 Å². The maximum atomic E-state index is 12.2. The van der Waals surface area contributed by atoms with E-state index in [-0.39, 0.29) is 6.10 Å². The molecule has 3 N–H and O–H groups in total. The molecule has 1 saturated carbocycles. The molecule has 186 valence electrons. The third kappa shape index (κ3) is 4.38. The van der Waals surface area contributed by atoms with Gasteiger partial charge in [-0.25, -0.2) is 4.68 Å². The molecule has 6 rings (SSSR count). The number of pyridine rings is 1. The minimum absolute atomic E-state index is 0.205. The van der Waals surface area contributed by atoms with Crippen molar-refractivity contribution in [1.82, 2.24) is 14.8 Å². The standard InChI is InChI=1S/C31H30N4O2/c1-19-30-26(23-16-21-5-2-3-7-28(21)33-18-23)6-4-8-29(30)35(34-19)24-11-14-27(31(32)37)22(17-24)15-20-9-12-25(36)13-10-20/h2-8,11,14,16-18,20,25,36H,9-10,12-13,15H2,1H3,(H2,32,37). The molecule has 6 nitrogen and oxygen atoms in total. The summed E-state index contributed by atoms with van der Waals surface area (Å²) in [4.78, 5) is 16.9. The largest absolute Gasteiger partial charge is 0.393 e. The molecule has 6 heteroatoms. The SMILES string of the molecule is Cc1nn(-c2ccc(C(N)=O)c(CC3CCC(O)CC3)c2)c2cccc(-c3cnc4ccccc4c3)c12. The van der Waals surface area contributed by atoms with E-state index in [1.54, 1.807) is 0 Å². The molecule has 0 radical (unpaired) electrons. The lowest BCUT2D eigenvalue weighted by Gasteiger charge is -2.26. The molecule has 37 heavy (non-hydrogen) atoms. The predicted octanol–water partition coefficient (Wildman–Crippen LogP) is 5.74. The number of aryl methyl sites for hydroxylation is 1. The lowest BCUT2D eigenvalue weighted by molar-refractivity contribution is 0.0994. The number of carbonyl (C=O) groups excluding carboxylic acids is 1. The summed E-state index contributed by atoms with van der Waals surface area (Å²) in [6.45, 7) is 2.03. The van der Waals surface area contributed by atoms with Crippen LogP contribution in [0, 0.1) is 12.8 Å². The van der Waals surface area contributed by atoms with Gasteiger partial charge in [0.05, 0.1) is 28.5 Å². The highest BCUT2D eigenvalue weighted by Gasteiger charge is 2.22. The number of para-hydroxylation sites is 1. The second-order valence-electron chi connectivity index (χ2n) is 10.2. The summed E-state index contributed by atoms with van der Waals surface area (Å²) in [5.74, 6) is 0.0184. The Kier molecular flexibility index (Phi) is 5.97. The Morgan fingerprint density at radius 2 is 1.84 bits per heavy atom. The van der Waals surface area contributed by atoms with Crippen LogP contribution < -0.4 is 5.73 Å². The average molecular weight is 491 g/mol. The van der Waals surface area contributed by atoms with Gasteiger partial charge >= 0.3 is 0 Å². The second kappa shape index (κ2) is 9.45. The minimum Gasteiger partial charge on any atom is -0.393 e. The van der Waals surface area contributed by atoms with E-state index in [4.69, 9.17) is 10.8 Å². The molecule has 2 heterocycles. The summed E-state index contributed by atoms with van der Waals surface area (Å²) >= 11 is 0. The number of aliphatic hydroxyl groups is 1. The highest BCUT2D eigenvalue weighted by molar-refractivity contribution is 5.99. The van der Waals surface area contributed by atoms with Gasteiger partial charge in [0.2, 0.25) is 5.91 Å². The van der Waals surface area contributed by atoms with Crippen LogP contribution in [0.15, 0.2) is 72.9 Å². The summed E-state index contributed by atoms with van der Waals surface area (Å²) in [6.07, 6.45) is 6.02. The van der Waals surface area contributed by atoms with Crippen LogP contribution in [0.1, 0.15) is 47.3 Å². The molecule has 0 bridgehead atoms. The number of aliphatic hydroxyl groups excluding tert-OH is 1. The zero-order valence-corrected chi connectivity index (χ0v) is 20.9. The first-order valence-corrected chi connectivity index (χ1v) is 12.9. The van der Waals surface area contributed by atoms with Crippen molar-refractivity contribution in [3.8, 4) is 16.8 Å². The number of benzene rings is 3. The highest BCUT2D eigenvalue weighted by Crippen LogP contribution is 2.34. The van der Waals surface area contributed by atoms with Crippen LogP contribution >= 0.6 is 0 Å². The van der Waals surface area contributed by atoms with Crippen molar-refractivity contribution in [2.45, 2.75) is 45.1 Å². The van der Waals surface area contributed by atoms with Crippen LogP contribution in [0.5, 0.6) is 0 Å². The Bertz CT molecular complexity index is 1630. The second-order valence-corrected chi connectivity index (χ2v) is 10.2. The molecule has 0 aliphatic heterocycles. The van der Waals surface area contributed by atoms with Crippen LogP contribution in [0.4, 0.5) is 0 Å². The van der Waals surface area contributed by atoms with Crippen molar-refractivity contribution in [2.24, 2.45) is 11.7 Å². The molecule has 0 spiro atoms. The van der Waals surface area contributed by atoms with Crippen LogP contribution in [0.2, 0.25) is 0 Å². The monoisotopic (exact) mass is 490 g/mol. The van der Waals surface area contributed by atoms with Crippen molar-refractivity contribution in [2.75, 3.05) is 0 Å². The van der Waals surface area contributed by atoms with Gasteiger partial charge in [-0.1, -0.05) is 30.3 Å². The van der Waals surface area contributed by atoms with Crippen LogP contribution in [-0.2, 0) is 6.42 Å². The molecule has 1 aliphatic rings. The van der Waals surface area contributed by atoms with E-state index in [2.05, 4.69) is 41.4 Å². The van der Waals surface area contributed by atoms with Gasteiger partial charge in [-0.15, -0.1) is 0 Å². The zero-order valence-electron chi connectivity index (χ0n) is 20.9. The van der Waals surface area contributed by atoms with Crippen molar-refractivity contribution < 1.29 is 9.90 Å². The Morgan fingerprint density at radius 3 is 2.65 bits per heavy atom. The summed E-state index contributed by atoms with van der Waals surface area (Å²) < 4.78 is 1.96. The van der Waals surface area contributed by atoms with E-state index in [0.29, 0.717) is 11.5 Å². The number of rotatable bonds is 5. The number of hydrogen-bond acceptors (Lipinski definition) is 4. The molecule has 3 aromatic carbocycles. The smallest absolute Gasteiger partial charge is 0.248 e. The Labute approximate surface area is 215 Å². The molecule has 2 aromatic heterocycles. The van der Waals surface area contributed by atoms with Gasteiger partial charge in [-0.2, -0.15) is 5.10 Å². The summed E-state index contributed by atoms with van der Waals surface area (Å²) in [6, 6.07) is 22.4. The third-order valence-electron chi connectivity index (χ3n) is 7.71. The van der Waals surface area contributed by atoms with Crippen molar-refractivity contribution in [3.05, 3.63) is 89.7 Å². The first kappa shape index (κ1) is 23.4. The molecule has 0 atom stereocenters. The molecule has 5 aromatic rings. The maximum Gasteiger partial charge on any atom is 0.248 e. The first-order chi connectivity index (χ1) is 18.0. The molecule has 1 amide bonds. The summed E-state index contributed by atoms with van der Waals surface area (Å²) in [7, 11) is 0. The number of aromatic nitrogens is 3. The van der Waals surface area contributed by atoms with Gasteiger partial charge in [0, 0.05) is 28.1 Å². The predicted molar refractivity (Wildman–Crippen MR) is 147 cm³/mol. The van der Waals surface area contributed by atoms with E-state index >= 15 is 0 Å². The number of hydrogen-bond donors (Lipinski definition) is 2. The quantitative estimate of drug-likeness (QED) is 0.328. The lowest BCUT2D eigenvalue weighted by atomic mass is 9.82. The van der Waals surface area contributed by atoms with Gasteiger partial charge in [0.15, 0.2) is 0 Å². The van der Waals surface area contributed by atoms with Crippen molar-refractivity contribution in [1.29, 1.82) is 0 Å². The van der Waals surface area contributed by atoms with Crippen LogP contribution in [0.25, 0.3) is 38.6 Å². The Balaban J connectivity index is 1.43. The zero-order chi connectivity index (χ0) is 25.5. The number of nitrogens with zero attached hydrogens (tertiary/aromatic N) is 3. The van der Waals surface area contributed by atoms with E-state index in [1.165, 1.54) is 0 Å². The fourth-order valence-electron chi connectivity index (χ4n) is 5.79.